The van der Waals surface area contributed by atoms with Gasteiger partial charge in [0.15, 0.2) is 10.3 Å². The Bertz CT molecular complexity index is 1280. The fraction of sp³-hybridized carbons (Fsp3) is 0.280. The molecule has 1 saturated heterocycles. The number of benzene rings is 2. The molecule has 0 radical (unpaired) electrons. The number of anilines is 3. The quantitative estimate of drug-likeness (QED) is 0.347. The van der Waals surface area contributed by atoms with E-state index >= 15 is 0 Å². The predicted molar refractivity (Wildman–Crippen MR) is 135 cm³/mol. The molecule has 0 saturated carbocycles. The molecule has 2 aromatic carbocycles. The predicted octanol–water partition coefficient (Wildman–Crippen LogP) is 5.91. The number of hydrogen-bond donors (Lipinski definition) is 0. The van der Waals surface area contributed by atoms with Crippen molar-refractivity contribution < 1.29 is 9.59 Å². The van der Waals surface area contributed by atoms with Crippen LogP contribution in [0.4, 0.5) is 16.0 Å². The fourth-order valence-corrected chi connectivity index (χ4v) is 5.78. The minimum atomic E-state index is -0.101. The molecule has 0 bridgehead atoms. The molecular formula is C25H24N4O2S2. The monoisotopic (exact) mass is 476 g/mol. The molecule has 2 aromatic heterocycles. The largest absolute Gasteiger partial charge is 0.288 e. The van der Waals surface area contributed by atoms with Crippen molar-refractivity contribution in [1.82, 2.24) is 9.97 Å². The third-order valence-electron chi connectivity index (χ3n) is 5.72. The SMILES string of the molecule is CC(C)c1ccc(N(C(=O)Cc2csc(N3CCCC3=O)n2)c2nc3ccccc3s2)cc1. The van der Waals surface area contributed by atoms with Gasteiger partial charge < -0.3 is 0 Å². The number of hydrogen-bond acceptors (Lipinski definition) is 6. The summed E-state index contributed by atoms with van der Waals surface area (Å²) in [5.41, 5.74) is 3.55. The van der Waals surface area contributed by atoms with Crippen LogP contribution in [0.2, 0.25) is 0 Å². The van der Waals surface area contributed by atoms with Crippen LogP contribution in [0, 0.1) is 0 Å². The summed E-state index contributed by atoms with van der Waals surface area (Å²) in [5, 5.41) is 3.19. The number of amides is 2. The van der Waals surface area contributed by atoms with Crippen LogP contribution >= 0.6 is 22.7 Å². The fourth-order valence-electron chi connectivity index (χ4n) is 3.91. The zero-order valence-corrected chi connectivity index (χ0v) is 20.2. The van der Waals surface area contributed by atoms with E-state index in [1.807, 2.05) is 41.8 Å². The van der Waals surface area contributed by atoms with Gasteiger partial charge in [0.2, 0.25) is 11.8 Å². The summed E-state index contributed by atoms with van der Waals surface area (Å²) in [7, 11) is 0. The van der Waals surface area contributed by atoms with Gasteiger partial charge in [-0.25, -0.2) is 9.97 Å². The highest BCUT2D eigenvalue weighted by Crippen LogP contribution is 2.35. The van der Waals surface area contributed by atoms with Crippen molar-refractivity contribution in [3.8, 4) is 0 Å². The smallest absolute Gasteiger partial charge is 0.239 e. The first-order chi connectivity index (χ1) is 16.0. The first kappa shape index (κ1) is 21.7. The average Bonchev–Trinajstić information content (AvgIpc) is 3.53. The molecule has 0 N–H and O–H groups in total. The van der Waals surface area contributed by atoms with Gasteiger partial charge >= 0.3 is 0 Å². The standard InChI is InChI=1S/C25H24N4O2S2/c1-16(2)17-9-11-19(12-10-17)29(25-27-20-6-3-4-7-21(20)33-25)23(31)14-18-15-32-24(26-18)28-13-5-8-22(28)30/h3-4,6-7,9-12,15-16H,5,8,13-14H2,1-2H3. The molecule has 0 unspecified atom stereocenters. The van der Waals surface area contributed by atoms with E-state index in [2.05, 4.69) is 31.0 Å². The molecule has 6 nitrogen and oxygen atoms in total. The Balaban J connectivity index is 1.46. The van der Waals surface area contributed by atoms with Gasteiger partial charge in [-0.3, -0.25) is 19.4 Å². The Morgan fingerprint density at radius 2 is 1.91 bits per heavy atom. The van der Waals surface area contributed by atoms with Crippen LogP contribution in [0.3, 0.4) is 0 Å². The summed E-state index contributed by atoms with van der Waals surface area (Å²) in [6.45, 7) is 4.99. The molecule has 1 aliphatic heterocycles. The van der Waals surface area contributed by atoms with E-state index in [1.54, 1.807) is 9.80 Å². The maximum atomic E-state index is 13.6. The van der Waals surface area contributed by atoms with E-state index in [9.17, 15) is 9.59 Å². The van der Waals surface area contributed by atoms with E-state index in [0.29, 0.717) is 34.8 Å². The zero-order chi connectivity index (χ0) is 22.9. The van der Waals surface area contributed by atoms with Gasteiger partial charge in [-0.05, 0) is 42.2 Å². The molecule has 1 aliphatic rings. The topological polar surface area (TPSA) is 66.4 Å². The van der Waals surface area contributed by atoms with E-state index in [4.69, 9.17) is 4.98 Å². The molecule has 8 heteroatoms. The van der Waals surface area contributed by atoms with Gasteiger partial charge in [-0.2, -0.15) is 0 Å². The van der Waals surface area contributed by atoms with E-state index in [-0.39, 0.29) is 18.2 Å². The number of carbonyl (C=O) groups excluding carboxylic acids is 2. The van der Waals surface area contributed by atoms with E-state index in [0.717, 1.165) is 22.3 Å². The number of nitrogens with zero attached hydrogens (tertiary/aromatic N) is 4. The van der Waals surface area contributed by atoms with Crippen molar-refractivity contribution in [2.24, 2.45) is 0 Å². The van der Waals surface area contributed by atoms with Gasteiger partial charge in [0.05, 0.1) is 28.0 Å². The molecule has 33 heavy (non-hydrogen) atoms. The van der Waals surface area contributed by atoms with Crippen molar-refractivity contribution in [2.45, 2.75) is 39.0 Å². The van der Waals surface area contributed by atoms with Crippen LogP contribution in [0.25, 0.3) is 10.2 Å². The molecule has 3 heterocycles. The van der Waals surface area contributed by atoms with Gasteiger partial charge in [0, 0.05) is 18.3 Å². The summed E-state index contributed by atoms with van der Waals surface area (Å²) in [6, 6.07) is 16.0. The molecule has 0 atom stereocenters. The lowest BCUT2D eigenvalue weighted by Crippen LogP contribution is -2.28. The van der Waals surface area contributed by atoms with Crippen molar-refractivity contribution in [2.75, 3.05) is 16.3 Å². The first-order valence-corrected chi connectivity index (χ1v) is 12.7. The Morgan fingerprint density at radius 1 is 1.12 bits per heavy atom. The molecule has 4 aromatic rings. The molecule has 5 rings (SSSR count). The summed E-state index contributed by atoms with van der Waals surface area (Å²) in [6.07, 6.45) is 1.55. The van der Waals surface area contributed by atoms with Gasteiger partial charge in [-0.15, -0.1) is 11.3 Å². The number of rotatable bonds is 6. The van der Waals surface area contributed by atoms with Crippen LogP contribution in [-0.2, 0) is 16.0 Å². The third-order valence-corrected chi connectivity index (χ3v) is 7.65. The van der Waals surface area contributed by atoms with Crippen molar-refractivity contribution in [3.63, 3.8) is 0 Å². The minimum Gasteiger partial charge on any atom is -0.288 e. The van der Waals surface area contributed by atoms with Crippen molar-refractivity contribution in [3.05, 3.63) is 65.2 Å². The maximum Gasteiger partial charge on any atom is 0.239 e. The zero-order valence-electron chi connectivity index (χ0n) is 18.5. The van der Waals surface area contributed by atoms with Gasteiger partial charge in [-0.1, -0.05) is 49.4 Å². The number of thiazole rings is 2. The van der Waals surface area contributed by atoms with Gasteiger partial charge in [0.25, 0.3) is 0 Å². The van der Waals surface area contributed by atoms with Gasteiger partial charge in [0.1, 0.15) is 0 Å². The lowest BCUT2D eigenvalue weighted by atomic mass is 10.0. The Hall–Kier alpha value is -3.10. The third kappa shape index (κ3) is 4.41. The number of aromatic nitrogens is 2. The normalized spacial score (nSPS) is 13.9. The van der Waals surface area contributed by atoms with E-state index in [1.165, 1.54) is 28.2 Å². The maximum absolute atomic E-state index is 13.6. The summed E-state index contributed by atoms with van der Waals surface area (Å²) in [5.74, 6) is 0.409. The lowest BCUT2D eigenvalue weighted by molar-refractivity contribution is -0.117. The molecular weight excluding hydrogens is 452 g/mol. The second-order valence-electron chi connectivity index (χ2n) is 8.39. The highest BCUT2D eigenvalue weighted by atomic mass is 32.1. The van der Waals surface area contributed by atoms with Crippen LogP contribution in [0.15, 0.2) is 53.9 Å². The first-order valence-electron chi connectivity index (χ1n) is 11.0. The number of para-hydroxylation sites is 1. The summed E-state index contributed by atoms with van der Waals surface area (Å²) in [4.78, 5) is 38.4. The Morgan fingerprint density at radius 3 is 2.61 bits per heavy atom. The molecule has 0 spiro atoms. The highest BCUT2D eigenvalue weighted by molar-refractivity contribution is 7.22. The van der Waals surface area contributed by atoms with Crippen molar-refractivity contribution in [1.29, 1.82) is 0 Å². The highest BCUT2D eigenvalue weighted by Gasteiger charge is 2.26. The molecule has 168 valence electrons. The second kappa shape index (κ2) is 9.03. The summed E-state index contributed by atoms with van der Waals surface area (Å²) < 4.78 is 1.03. The number of fused-ring (bicyclic) bond motifs is 1. The second-order valence-corrected chi connectivity index (χ2v) is 10.2. The van der Waals surface area contributed by atoms with Crippen LogP contribution in [0.1, 0.15) is 43.9 Å². The van der Waals surface area contributed by atoms with Crippen LogP contribution in [-0.4, -0.2) is 28.3 Å². The minimum absolute atomic E-state index is 0.101. The lowest BCUT2D eigenvalue weighted by Gasteiger charge is -2.20. The van der Waals surface area contributed by atoms with E-state index < -0.39 is 0 Å². The average molecular weight is 477 g/mol. The van der Waals surface area contributed by atoms with Crippen LogP contribution in [0.5, 0.6) is 0 Å². The molecule has 2 amide bonds. The number of carbonyl (C=O) groups is 2. The molecule has 1 fully saturated rings. The van der Waals surface area contributed by atoms with Crippen molar-refractivity contribution >= 4 is 60.7 Å². The molecule has 0 aliphatic carbocycles. The Labute approximate surface area is 200 Å². The van der Waals surface area contributed by atoms with Crippen LogP contribution < -0.4 is 9.80 Å². The summed E-state index contributed by atoms with van der Waals surface area (Å²) >= 11 is 2.91. The Kier molecular flexibility index (Phi) is 5.95.